The maximum atomic E-state index is 6.63. The number of fused-ring (bicyclic) bond motifs is 8. The van der Waals surface area contributed by atoms with Crippen molar-refractivity contribution < 1.29 is 18.3 Å². The highest BCUT2D eigenvalue weighted by Crippen LogP contribution is 2.43. The predicted molar refractivity (Wildman–Crippen MR) is 238 cm³/mol. The van der Waals surface area contributed by atoms with Crippen LogP contribution in [0.5, 0.6) is 11.5 Å². The maximum Gasteiger partial charge on any atom is 0.136 e. The van der Waals surface area contributed by atoms with Crippen LogP contribution in [0.25, 0.3) is 65.4 Å². The molecule has 2 aromatic heterocycles. The van der Waals surface area contributed by atoms with Crippen molar-refractivity contribution in [1.29, 1.82) is 0 Å². The average molecular weight is 753 g/mol. The first kappa shape index (κ1) is 33.6. The van der Waals surface area contributed by atoms with Gasteiger partial charge in [-0.15, -0.1) is 0 Å². The minimum absolute atomic E-state index is 0.805. The second-order valence-corrected chi connectivity index (χ2v) is 14.6. The van der Waals surface area contributed by atoms with Crippen LogP contribution in [0, 0.1) is 0 Å². The Balaban J connectivity index is 1.00. The van der Waals surface area contributed by atoms with Crippen LogP contribution < -0.4 is 19.3 Å². The van der Waals surface area contributed by atoms with E-state index < -0.39 is 0 Å². The molecular formula is C52H36N2O4. The number of benzene rings is 9. The molecule has 11 rings (SSSR count). The molecule has 58 heavy (non-hydrogen) atoms. The summed E-state index contributed by atoms with van der Waals surface area (Å²) in [5.41, 5.74) is 9.56. The number of furan rings is 2. The topological polar surface area (TPSA) is 51.2 Å². The molecule has 0 fully saturated rings. The molecule has 0 aliphatic rings. The number of ether oxygens (including phenoxy) is 2. The third kappa shape index (κ3) is 5.65. The van der Waals surface area contributed by atoms with Gasteiger partial charge in [-0.05, 0) is 131 Å². The van der Waals surface area contributed by atoms with Crippen molar-refractivity contribution in [3.63, 3.8) is 0 Å². The zero-order valence-corrected chi connectivity index (χ0v) is 31.8. The number of para-hydroxylation sites is 2. The van der Waals surface area contributed by atoms with Crippen molar-refractivity contribution in [2.24, 2.45) is 0 Å². The largest absolute Gasteiger partial charge is 0.497 e. The predicted octanol–water partition coefficient (Wildman–Crippen LogP) is 14.7. The lowest BCUT2D eigenvalue weighted by Crippen LogP contribution is -2.09. The third-order valence-corrected chi connectivity index (χ3v) is 11.1. The minimum Gasteiger partial charge on any atom is -0.497 e. The average Bonchev–Trinajstić information content (AvgIpc) is 3.80. The van der Waals surface area contributed by atoms with Gasteiger partial charge in [-0.2, -0.15) is 0 Å². The van der Waals surface area contributed by atoms with Gasteiger partial charge >= 0.3 is 0 Å². The summed E-state index contributed by atoms with van der Waals surface area (Å²) in [5, 5.41) is 8.59. The van der Waals surface area contributed by atoms with E-state index in [2.05, 4.69) is 155 Å². The number of anilines is 6. The van der Waals surface area contributed by atoms with Crippen LogP contribution >= 0.6 is 0 Å². The van der Waals surface area contributed by atoms with Crippen molar-refractivity contribution in [3.05, 3.63) is 182 Å². The maximum absolute atomic E-state index is 6.63. The second-order valence-electron chi connectivity index (χ2n) is 14.6. The molecule has 0 spiro atoms. The van der Waals surface area contributed by atoms with Gasteiger partial charge in [-0.1, -0.05) is 60.7 Å². The second kappa shape index (κ2) is 13.5. The number of nitrogens with zero attached hydrogens (tertiary/aromatic N) is 2. The van der Waals surface area contributed by atoms with Crippen LogP contribution in [0.4, 0.5) is 34.1 Å². The van der Waals surface area contributed by atoms with Gasteiger partial charge in [0, 0.05) is 67.8 Å². The Bertz CT molecular complexity index is 3110. The minimum atomic E-state index is 0.805. The van der Waals surface area contributed by atoms with Crippen molar-refractivity contribution >= 4 is 99.5 Å². The summed E-state index contributed by atoms with van der Waals surface area (Å²) in [5.74, 6) is 1.61. The van der Waals surface area contributed by atoms with E-state index >= 15 is 0 Å². The molecule has 0 unspecified atom stereocenters. The van der Waals surface area contributed by atoms with Crippen molar-refractivity contribution in [2.45, 2.75) is 0 Å². The molecule has 6 nitrogen and oxygen atoms in total. The Morgan fingerprint density at radius 1 is 0.310 bits per heavy atom. The van der Waals surface area contributed by atoms with Crippen LogP contribution in [0.2, 0.25) is 0 Å². The Morgan fingerprint density at radius 2 is 0.690 bits per heavy atom. The molecule has 9 aromatic carbocycles. The van der Waals surface area contributed by atoms with E-state index in [4.69, 9.17) is 18.3 Å². The lowest BCUT2D eigenvalue weighted by molar-refractivity contribution is 0.415. The van der Waals surface area contributed by atoms with E-state index in [9.17, 15) is 0 Å². The molecular weight excluding hydrogens is 717 g/mol. The van der Waals surface area contributed by atoms with Crippen LogP contribution in [-0.4, -0.2) is 14.2 Å². The van der Waals surface area contributed by atoms with Gasteiger partial charge in [0.2, 0.25) is 0 Å². The first-order valence-corrected chi connectivity index (χ1v) is 19.3. The van der Waals surface area contributed by atoms with Gasteiger partial charge in [-0.3, -0.25) is 0 Å². The van der Waals surface area contributed by atoms with Gasteiger partial charge < -0.3 is 28.1 Å². The quantitative estimate of drug-likeness (QED) is 0.154. The fourth-order valence-electron chi connectivity index (χ4n) is 8.33. The van der Waals surface area contributed by atoms with Crippen LogP contribution in [0.15, 0.2) is 191 Å². The van der Waals surface area contributed by atoms with E-state index in [-0.39, 0.29) is 0 Å². The smallest absolute Gasteiger partial charge is 0.136 e. The van der Waals surface area contributed by atoms with Gasteiger partial charge in [-0.25, -0.2) is 0 Å². The molecule has 6 heteroatoms. The highest BCUT2D eigenvalue weighted by molar-refractivity contribution is 6.18. The first-order valence-electron chi connectivity index (χ1n) is 19.3. The van der Waals surface area contributed by atoms with Gasteiger partial charge in [0.1, 0.15) is 33.8 Å². The number of hydrogen-bond donors (Lipinski definition) is 0. The standard InChI is InChI=1S/C52H36N2O4/c1-55-43-17-9-15-39(29-43)53(37-11-5-3-6-12-37)41-21-19-33-25-45-47-31-52-48(32-51(47)57-49(45)27-35(33)23-41)46-26-34-20-22-42(24-36(34)28-50(46)58-52)54(38-13-7-4-8-14-38)40-16-10-18-44(30-40)56-2/h3-32H,1-2H3. The number of rotatable bonds is 8. The van der Waals surface area contributed by atoms with Gasteiger partial charge in [0.25, 0.3) is 0 Å². The molecule has 0 aliphatic carbocycles. The summed E-state index contributed by atoms with van der Waals surface area (Å²) in [7, 11) is 3.39. The Hall–Kier alpha value is -7.70. The summed E-state index contributed by atoms with van der Waals surface area (Å²) in [4.78, 5) is 4.49. The molecule has 0 bridgehead atoms. The van der Waals surface area contributed by atoms with Crippen LogP contribution in [-0.2, 0) is 0 Å². The van der Waals surface area contributed by atoms with E-state index in [0.717, 1.165) is 111 Å². The van der Waals surface area contributed by atoms with Gasteiger partial charge in [0.15, 0.2) is 0 Å². The van der Waals surface area contributed by atoms with Crippen molar-refractivity contribution in [2.75, 3.05) is 24.0 Å². The van der Waals surface area contributed by atoms with Crippen molar-refractivity contribution in [3.8, 4) is 11.5 Å². The molecule has 0 amide bonds. The number of hydrogen-bond acceptors (Lipinski definition) is 6. The molecule has 0 atom stereocenters. The Morgan fingerprint density at radius 3 is 1.12 bits per heavy atom. The van der Waals surface area contributed by atoms with E-state index in [0.29, 0.717) is 0 Å². The highest BCUT2D eigenvalue weighted by Gasteiger charge is 2.19. The normalized spacial score (nSPS) is 11.6. The molecule has 11 aromatic rings. The summed E-state index contributed by atoms with van der Waals surface area (Å²) < 4.78 is 24.4. The van der Waals surface area contributed by atoms with E-state index in [1.165, 1.54) is 0 Å². The Labute approximate surface area is 334 Å². The van der Waals surface area contributed by atoms with E-state index in [1.807, 2.05) is 36.4 Å². The lowest BCUT2D eigenvalue weighted by atomic mass is 10.0. The first-order chi connectivity index (χ1) is 28.6. The lowest BCUT2D eigenvalue weighted by Gasteiger charge is -2.26. The molecule has 0 aliphatic heterocycles. The fourth-order valence-corrected chi connectivity index (χ4v) is 8.33. The van der Waals surface area contributed by atoms with Crippen molar-refractivity contribution in [1.82, 2.24) is 0 Å². The summed E-state index contributed by atoms with van der Waals surface area (Å²) >= 11 is 0. The molecule has 0 radical (unpaired) electrons. The third-order valence-electron chi connectivity index (χ3n) is 11.1. The molecule has 0 saturated carbocycles. The van der Waals surface area contributed by atoms with Gasteiger partial charge in [0.05, 0.1) is 14.2 Å². The molecule has 2 heterocycles. The zero-order chi connectivity index (χ0) is 38.7. The SMILES string of the molecule is COc1cccc(N(c2ccccc2)c2ccc3cc4c(cc3c2)oc2cc3c(cc24)oc2cc4cc(N(c5ccccc5)c5cccc(OC)c5)ccc4cc23)c1. The van der Waals surface area contributed by atoms with E-state index in [1.54, 1.807) is 14.2 Å². The zero-order valence-electron chi connectivity index (χ0n) is 31.8. The molecule has 278 valence electrons. The van der Waals surface area contributed by atoms with Crippen LogP contribution in [0.1, 0.15) is 0 Å². The fraction of sp³-hybridized carbons (Fsp3) is 0.0385. The van der Waals surface area contributed by atoms with Crippen LogP contribution in [0.3, 0.4) is 0 Å². The Kier molecular flexibility index (Phi) is 7.83. The summed E-state index contributed by atoms with van der Waals surface area (Å²) in [6.07, 6.45) is 0. The molecule has 0 saturated heterocycles. The summed E-state index contributed by atoms with van der Waals surface area (Å²) in [6, 6.07) is 63.3. The monoisotopic (exact) mass is 752 g/mol. The summed E-state index contributed by atoms with van der Waals surface area (Å²) in [6.45, 7) is 0. The molecule has 0 N–H and O–H groups in total. The number of methoxy groups -OCH3 is 2. The highest BCUT2D eigenvalue weighted by atomic mass is 16.5.